The van der Waals surface area contributed by atoms with Crippen LogP contribution in [0.25, 0.3) is 11.2 Å². The van der Waals surface area contributed by atoms with Crippen LogP contribution in [0, 0.1) is 6.92 Å². The second-order valence-corrected chi connectivity index (χ2v) is 5.36. The second kappa shape index (κ2) is 4.70. The highest BCUT2D eigenvalue weighted by Gasteiger charge is 2.16. The van der Waals surface area contributed by atoms with Gasteiger partial charge in [0.25, 0.3) is 0 Å². The third kappa shape index (κ3) is 2.02. The lowest BCUT2D eigenvalue weighted by atomic mass is 10.2. The van der Waals surface area contributed by atoms with Crippen molar-refractivity contribution < 1.29 is 0 Å². The molecule has 0 saturated carbocycles. The number of aromatic nitrogens is 4. The van der Waals surface area contributed by atoms with Crippen LogP contribution in [-0.2, 0) is 19.5 Å². The number of anilines is 1. The Kier molecular flexibility index (Phi) is 3.02. The van der Waals surface area contributed by atoms with Crippen LogP contribution in [0.1, 0.15) is 18.2 Å². The van der Waals surface area contributed by atoms with Gasteiger partial charge in [-0.3, -0.25) is 4.57 Å². The van der Waals surface area contributed by atoms with E-state index in [1.807, 2.05) is 11.6 Å². The smallest absolute Gasteiger partial charge is 0.202 e. The van der Waals surface area contributed by atoms with Crippen molar-refractivity contribution >= 4 is 28.4 Å². The van der Waals surface area contributed by atoms with Gasteiger partial charge in [0, 0.05) is 13.1 Å². The van der Waals surface area contributed by atoms with Gasteiger partial charge in [-0.25, -0.2) is 9.67 Å². The highest BCUT2D eigenvalue weighted by atomic mass is 32.1. The van der Waals surface area contributed by atoms with E-state index in [0.29, 0.717) is 5.95 Å². The molecule has 6 heteroatoms. The molecule has 19 heavy (non-hydrogen) atoms. The molecule has 0 aliphatic carbocycles. The van der Waals surface area contributed by atoms with Crippen molar-refractivity contribution in [1.82, 2.24) is 19.3 Å². The summed E-state index contributed by atoms with van der Waals surface area (Å²) < 4.78 is 4.04. The topological polar surface area (TPSA) is 61.7 Å². The van der Waals surface area contributed by atoms with Gasteiger partial charge in [-0.15, -0.1) is 0 Å². The monoisotopic (exact) mass is 275 g/mol. The molecule has 100 valence electrons. The predicted molar refractivity (Wildman–Crippen MR) is 78.4 cm³/mol. The highest BCUT2D eigenvalue weighted by Crippen LogP contribution is 2.21. The standard InChI is InChI=1S/C13H17N5S/c1-3-18-12-11(9(2)16-18)15-13(14)17(12)6-4-10-5-7-19-8-10/h5,7-8H,3-4,6H2,1-2H3,(H2,14,15). The van der Waals surface area contributed by atoms with Crippen molar-refractivity contribution in [2.75, 3.05) is 5.73 Å². The van der Waals surface area contributed by atoms with E-state index in [2.05, 4.69) is 38.4 Å². The number of nitrogens with two attached hydrogens (primary N) is 1. The van der Waals surface area contributed by atoms with Gasteiger partial charge in [0.15, 0.2) is 5.65 Å². The average molecular weight is 275 g/mol. The molecule has 0 saturated heterocycles. The minimum Gasteiger partial charge on any atom is -0.369 e. The zero-order valence-corrected chi connectivity index (χ0v) is 11.9. The largest absolute Gasteiger partial charge is 0.369 e. The summed E-state index contributed by atoms with van der Waals surface area (Å²) >= 11 is 1.72. The van der Waals surface area contributed by atoms with E-state index >= 15 is 0 Å². The molecule has 2 N–H and O–H groups in total. The van der Waals surface area contributed by atoms with Gasteiger partial charge in [-0.05, 0) is 42.7 Å². The first-order valence-electron chi connectivity index (χ1n) is 6.41. The first-order chi connectivity index (χ1) is 9.20. The van der Waals surface area contributed by atoms with E-state index in [-0.39, 0.29) is 0 Å². The molecule has 0 radical (unpaired) electrons. The third-order valence-corrected chi connectivity index (χ3v) is 4.06. The fraction of sp³-hybridized carbons (Fsp3) is 0.385. The molecule has 0 atom stereocenters. The van der Waals surface area contributed by atoms with Crippen molar-refractivity contribution in [2.24, 2.45) is 0 Å². The zero-order chi connectivity index (χ0) is 13.4. The molecular formula is C13H17N5S. The Hall–Kier alpha value is -1.82. The van der Waals surface area contributed by atoms with E-state index in [1.54, 1.807) is 11.3 Å². The molecule has 0 fully saturated rings. The number of nitrogen functional groups attached to an aromatic ring is 1. The number of thiophene rings is 1. The molecule has 3 aromatic rings. The van der Waals surface area contributed by atoms with Gasteiger partial charge in [0.1, 0.15) is 5.52 Å². The second-order valence-electron chi connectivity index (χ2n) is 4.58. The zero-order valence-electron chi connectivity index (χ0n) is 11.1. The maximum Gasteiger partial charge on any atom is 0.202 e. The molecule has 3 rings (SSSR count). The molecule has 3 aromatic heterocycles. The molecule has 3 heterocycles. The Morgan fingerprint density at radius 1 is 1.42 bits per heavy atom. The molecule has 0 bridgehead atoms. The third-order valence-electron chi connectivity index (χ3n) is 3.33. The molecule has 0 aliphatic rings. The van der Waals surface area contributed by atoms with Crippen molar-refractivity contribution in [2.45, 2.75) is 33.4 Å². The Morgan fingerprint density at radius 2 is 2.26 bits per heavy atom. The van der Waals surface area contributed by atoms with Gasteiger partial charge >= 0.3 is 0 Å². The average Bonchev–Trinajstić information content (AvgIpc) is 3.06. The normalized spacial score (nSPS) is 11.5. The maximum atomic E-state index is 6.04. The lowest BCUT2D eigenvalue weighted by Gasteiger charge is -2.07. The summed E-state index contributed by atoms with van der Waals surface area (Å²) in [5.74, 6) is 0.577. The lowest BCUT2D eigenvalue weighted by Crippen LogP contribution is -2.09. The van der Waals surface area contributed by atoms with Crippen LogP contribution in [0.4, 0.5) is 5.95 Å². The van der Waals surface area contributed by atoms with Crippen LogP contribution in [-0.4, -0.2) is 19.3 Å². The molecule has 0 aliphatic heterocycles. The van der Waals surface area contributed by atoms with Crippen molar-refractivity contribution in [3.8, 4) is 0 Å². The van der Waals surface area contributed by atoms with E-state index < -0.39 is 0 Å². The minimum atomic E-state index is 0.577. The molecule has 0 aromatic carbocycles. The number of imidazole rings is 1. The van der Waals surface area contributed by atoms with Gasteiger partial charge in [-0.1, -0.05) is 0 Å². The van der Waals surface area contributed by atoms with E-state index in [9.17, 15) is 0 Å². The number of hydrogen-bond acceptors (Lipinski definition) is 4. The van der Waals surface area contributed by atoms with Gasteiger partial charge in [0.05, 0.1) is 5.69 Å². The van der Waals surface area contributed by atoms with Crippen molar-refractivity contribution in [3.63, 3.8) is 0 Å². The molecule has 0 amide bonds. The fourth-order valence-corrected chi connectivity index (χ4v) is 3.06. The van der Waals surface area contributed by atoms with Crippen LogP contribution in [0.15, 0.2) is 16.8 Å². The fourth-order valence-electron chi connectivity index (χ4n) is 2.36. The van der Waals surface area contributed by atoms with Crippen LogP contribution >= 0.6 is 11.3 Å². The Bertz CT molecular complexity index is 692. The SMILES string of the molecule is CCn1nc(C)c2nc(N)n(CCc3ccsc3)c21. The van der Waals surface area contributed by atoms with Crippen LogP contribution < -0.4 is 5.73 Å². The van der Waals surface area contributed by atoms with Gasteiger partial charge < -0.3 is 5.73 Å². The molecular weight excluding hydrogens is 258 g/mol. The summed E-state index contributed by atoms with van der Waals surface area (Å²) in [5.41, 5.74) is 10.3. The number of rotatable bonds is 4. The molecule has 0 spiro atoms. The van der Waals surface area contributed by atoms with Gasteiger partial charge in [0.2, 0.25) is 5.95 Å². The summed E-state index contributed by atoms with van der Waals surface area (Å²) in [7, 11) is 0. The number of aryl methyl sites for hydroxylation is 4. The minimum absolute atomic E-state index is 0.577. The highest BCUT2D eigenvalue weighted by molar-refractivity contribution is 7.07. The van der Waals surface area contributed by atoms with Crippen molar-refractivity contribution in [1.29, 1.82) is 0 Å². The summed E-state index contributed by atoms with van der Waals surface area (Å²) in [5, 5.41) is 8.77. The number of fused-ring (bicyclic) bond motifs is 1. The van der Waals surface area contributed by atoms with Crippen LogP contribution in [0.5, 0.6) is 0 Å². The summed E-state index contributed by atoms with van der Waals surface area (Å²) in [6.07, 6.45) is 0.965. The Labute approximate surface area is 115 Å². The number of nitrogens with zero attached hydrogens (tertiary/aromatic N) is 4. The lowest BCUT2D eigenvalue weighted by molar-refractivity contribution is 0.631. The first-order valence-corrected chi connectivity index (χ1v) is 7.35. The van der Waals surface area contributed by atoms with Gasteiger partial charge in [-0.2, -0.15) is 16.4 Å². The molecule has 5 nitrogen and oxygen atoms in total. The summed E-state index contributed by atoms with van der Waals surface area (Å²) in [6.45, 7) is 5.72. The van der Waals surface area contributed by atoms with Crippen LogP contribution in [0.3, 0.4) is 0 Å². The molecule has 0 unspecified atom stereocenters. The van der Waals surface area contributed by atoms with Crippen LogP contribution in [0.2, 0.25) is 0 Å². The predicted octanol–water partition coefficient (Wildman–Crippen LogP) is 2.45. The Balaban J connectivity index is 1.99. The van der Waals surface area contributed by atoms with Crippen molar-refractivity contribution in [3.05, 3.63) is 28.1 Å². The summed E-state index contributed by atoms with van der Waals surface area (Å²) in [4.78, 5) is 4.44. The van der Waals surface area contributed by atoms with E-state index in [4.69, 9.17) is 5.73 Å². The first kappa shape index (κ1) is 12.2. The quantitative estimate of drug-likeness (QED) is 0.795. The Morgan fingerprint density at radius 3 is 2.95 bits per heavy atom. The summed E-state index contributed by atoms with van der Waals surface area (Å²) in [6, 6.07) is 2.15. The maximum absolute atomic E-state index is 6.04. The van der Waals surface area contributed by atoms with E-state index in [0.717, 1.165) is 36.4 Å². The number of hydrogen-bond donors (Lipinski definition) is 1. The van der Waals surface area contributed by atoms with E-state index in [1.165, 1.54) is 5.56 Å².